The second-order valence-corrected chi connectivity index (χ2v) is 9.08. The van der Waals surface area contributed by atoms with Gasteiger partial charge in [0, 0.05) is 12.1 Å². The van der Waals surface area contributed by atoms with Gasteiger partial charge in [-0.2, -0.15) is 0 Å². The zero-order valence-electron chi connectivity index (χ0n) is 19.9. The maximum atomic E-state index is 13.2. The van der Waals surface area contributed by atoms with Crippen molar-refractivity contribution in [2.75, 3.05) is 41.7 Å². The van der Waals surface area contributed by atoms with Crippen molar-refractivity contribution in [2.24, 2.45) is 5.92 Å². The SMILES string of the molecule is CC(C)[C@H](C)Nc1c(Nc2cccc(C(=O)N3CCN(c4cccc[n+]4[O-])CC3)c2O)c(=O)c1=O. The Kier molecular flexibility index (Phi) is 6.63. The molecule has 4 rings (SSSR count). The number of hydrogen-bond acceptors (Lipinski definition) is 8. The van der Waals surface area contributed by atoms with Crippen LogP contribution in [0.25, 0.3) is 0 Å². The zero-order valence-corrected chi connectivity index (χ0v) is 19.9. The van der Waals surface area contributed by atoms with E-state index in [2.05, 4.69) is 10.6 Å². The van der Waals surface area contributed by atoms with Crippen molar-refractivity contribution in [2.45, 2.75) is 26.8 Å². The van der Waals surface area contributed by atoms with E-state index in [1.165, 1.54) is 12.3 Å². The first kappa shape index (κ1) is 24.1. The molecule has 2 aromatic carbocycles. The molecule has 1 aliphatic heterocycles. The number of rotatable bonds is 7. The van der Waals surface area contributed by atoms with E-state index in [1.54, 1.807) is 35.2 Å². The third-order valence-electron chi connectivity index (χ3n) is 6.50. The van der Waals surface area contributed by atoms with Crippen LogP contribution < -0.4 is 31.1 Å². The Morgan fingerprint density at radius 1 is 1.00 bits per heavy atom. The lowest BCUT2D eigenvalue weighted by Crippen LogP contribution is -2.51. The quantitative estimate of drug-likeness (QED) is 0.202. The number of phenolic OH excluding ortho intramolecular Hbond substituents is 1. The van der Waals surface area contributed by atoms with Crippen LogP contribution in [0.3, 0.4) is 0 Å². The van der Waals surface area contributed by atoms with Gasteiger partial charge in [0.05, 0.1) is 30.5 Å². The largest absolute Gasteiger partial charge is 0.711 e. The summed E-state index contributed by atoms with van der Waals surface area (Å²) in [4.78, 5) is 40.9. The summed E-state index contributed by atoms with van der Waals surface area (Å²) >= 11 is 0. The molecule has 0 spiro atoms. The predicted molar refractivity (Wildman–Crippen MR) is 134 cm³/mol. The molecular weight excluding hydrogens is 450 g/mol. The van der Waals surface area contributed by atoms with Gasteiger partial charge in [-0.1, -0.05) is 26.0 Å². The van der Waals surface area contributed by atoms with Gasteiger partial charge in [0.1, 0.15) is 24.5 Å². The fourth-order valence-corrected chi connectivity index (χ4v) is 3.97. The van der Waals surface area contributed by atoms with Crippen molar-refractivity contribution in [3.63, 3.8) is 0 Å². The summed E-state index contributed by atoms with van der Waals surface area (Å²) in [5, 5.41) is 28.7. The number of benzene rings is 1. The van der Waals surface area contributed by atoms with Crippen molar-refractivity contribution >= 4 is 28.8 Å². The summed E-state index contributed by atoms with van der Waals surface area (Å²) in [7, 11) is 0. The van der Waals surface area contributed by atoms with Crippen LogP contribution in [-0.2, 0) is 0 Å². The number of carbonyl (C=O) groups is 1. The van der Waals surface area contributed by atoms with Gasteiger partial charge in [-0.15, -0.1) is 0 Å². The van der Waals surface area contributed by atoms with E-state index >= 15 is 0 Å². The molecule has 1 saturated heterocycles. The van der Waals surface area contributed by atoms with Crippen molar-refractivity contribution in [1.29, 1.82) is 0 Å². The van der Waals surface area contributed by atoms with Crippen LogP contribution in [0.1, 0.15) is 31.1 Å². The van der Waals surface area contributed by atoms with E-state index in [4.69, 9.17) is 0 Å². The van der Waals surface area contributed by atoms with Gasteiger partial charge in [-0.25, -0.2) is 4.73 Å². The number of aromatic nitrogens is 1. The number of piperazine rings is 1. The number of nitrogens with one attached hydrogen (secondary N) is 2. The lowest BCUT2D eigenvalue weighted by Gasteiger charge is -2.32. The van der Waals surface area contributed by atoms with Crippen LogP contribution in [0, 0.1) is 11.1 Å². The third kappa shape index (κ3) is 4.64. The van der Waals surface area contributed by atoms with Gasteiger partial charge in [-0.05, 0) is 31.0 Å². The first-order valence-corrected chi connectivity index (χ1v) is 11.6. The molecular formula is C25H29N5O5. The molecule has 2 heterocycles. The second-order valence-electron chi connectivity index (χ2n) is 9.08. The second kappa shape index (κ2) is 9.65. The molecule has 1 amide bonds. The molecule has 1 fully saturated rings. The molecule has 0 unspecified atom stereocenters. The van der Waals surface area contributed by atoms with Crippen LogP contribution in [0.4, 0.5) is 22.9 Å². The molecule has 1 aromatic heterocycles. The number of pyridine rings is 1. The summed E-state index contributed by atoms with van der Waals surface area (Å²) in [6.07, 6.45) is 1.43. The van der Waals surface area contributed by atoms with Gasteiger partial charge in [-0.3, -0.25) is 19.3 Å². The maximum Gasteiger partial charge on any atom is 0.279 e. The predicted octanol–water partition coefficient (Wildman–Crippen LogP) is 1.78. The highest BCUT2D eigenvalue weighted by Gasteiger charge is 2.30. The van der Waals surface area contributed by atoms with Crippen LogP contribution in [0.15, 0.2) is 52.2 Å². The van der Waals surface area contributed by atoms with E-state index < -0.39 is 10.9 Å². The van der Waals surface area contributed by atoms with E-state index in [0.29, 0.717) is 32.0 Å². The number of amides is 1. The van der Waals surface area contributed by atoms with Gasteiger partial charge in [0.2, 0.25) is 0 Å². The highest BCUT2D eigenvalue weighted by molar-refractivity contribution is 5.99. The average Bonchev–Trinajstić information content (AvgIpc) is 2.86. The Bertz CT molecular complexity index is 1310. The van der Waals surface area contributed by atoms with Crippen LogP contribution >= 0.6 is 0 Å². The van der Waals surface area contributed by atoms with Gasteiger partial charge >= 0.3 is 0 Å². The molecule has 35 heavy (non-hydrogen) atoms. The zero-order chi connectivity index (χ0) is 25.3. The Labute approximate surface area is 202 Å². The van der Waals surface area contributed by atoms with Crippen molar-refractivity contribution in [3.05, 3.63) is 73.8 Å². The molecule has 0 saturated carbocycles. The molecule has 0 bridgehead atoms. The molecule has 1 aliphatic rings. The van der Waals surface area contributed by atoms with Crippen LogP contribution in [0.2, 0.25) is 0 Å². The lowest BCUT2D eigenvalue weighted by molar-refractivity contribution is -0.592. The number of para-hydroxylation sites is 1. The first-order chi connectivity index (χ1) is 16.7. The Morgan fingerprint density at radius 2 is 1.69 bits per heavy atom. The Balaban J connectivity index is 1.48. The monoisotopic (exact) mass is 479 g/mol. The fourth-order valence-electron chi connectivity index (χ4n) is 3.97. The topological polar surface area (TPSA) is 129 Å². The van der Waals surface area contributed by atoms with Crippen LogP contribution in [0.5, 0.6) is 5.75 Å². The number of hydrogen-bond donors (Lipinski definition) is 3. The Morgan fingerprint density at radius 3 is 2.34 bits per heavy atom. The minimum absolute atomic E-state index is 0.0361. The normalized spacial score (nSPS) is 14.9. The molecule has 3 N–H and O–H groups in total. The van der Waals surface area contributed by atoms with E-state index in [0.717, 1.165) is 4.73 Å². The molecule has 0 aliphatic carbocycles. The summed E-state index contributed by atoms with van der Waals surface area (Å²) < 4.78 is 0.796. The standard InChI is InChI=1S/C25H29N5O5/c1-15(2)16(3)26-20-21(24(33)23(20)32)27-18-8-6-7-17(22(18)31)25(34)29-13-11-28(12-14-29)19-9-4-5-10-30(19)35/h4-10,15-16,26-27,31H,11-14H2,1-3H3/t16-/m0/s1. The Hall–Kier alpha value is -4.08. The van der Waals surface area contributed by atoms with Gasteiger partial charge < -0.3 is 25.8 Å². The number of carbonyl (C=O) groups excluding carboxylic acids is 1. The summed E-state index contributed by atoms with van der Waals surface area (Å²) in [6.45, 7) is 7.61. The summed E-state index contributed by atoms with van der Waals surface area (Å²) in [6, 6.07) is 9.80. The van der Waals surface area contributed by atoms with Crippen molar-refractivity contribution in [1.82, 2.24) is 4.90 Å². The van der Waals surface area contributed by atoms with Crippen LogP contribution in [-0.4, -0.2) is 48.1 Å². The smallest absolute Gasteiger partial charge is 0.279 e. The minimum atomic E-state index is -0.674. The molecule has 10 nitrogen and oxygen atoms in total. The highest BCUT2D eigenvalue weighted by Crippen LogP contribution is 2.32. The third-order valence-corrected chi connectivity index (χ3v) is 6.50. The van der Waals surface area contributed by atoms with E-state index in [9.17, 15) is 24.7 Å². The molecule has 0 radical (unpaired) electrons. The van der Waals surface area contributed by atoms with E-state index in [1.807, 2.05) is 25.7 Å². The number of phenols is 1. The minimum Gasteiger partial charge on any atom is -0.711 e. The average molecular weight is 480 g/mol. The van der Waals surface area contributed by atoms with Gasteiger partial charge in [0.15, 0.2) is 5.75 Å². The molecule has 10 heteroatoms. The molecule has 184 valence electrons. The van der Waals surface area contributed by atoms with Crippen molar-refractivity contribution in [3.8, 4) is 5.75 Å². The fraction of sp³-hybridized carbons (Fsp3) is 0.360. The first-order valence-electron chi connectivity index (χ1n) is 11.6. The van der Waals surface area contributed by atoms with E-state index in [-0.39, 0.29) is 46.2 Å². The lowest BCUT2D eigenvalue weighted by atomic mass is 10.0. The molecule has 3 aromatic rings. The number of anilines is 4. The van der Waals surface area contributed by atoms with Gasteiger partial charge in [0.25, 0.3) is 22.6 Å². The maximum absolute atomic E-state index is 13.2. The summed E-state index contributed by atoms with van der Waals surface area (Å²) in [5.74, 6) is 0.113. The van der Waals surface area contributed by atoms with Crippen molar-refractivity contribution < 1.29 is 14.6 Å². The number of aromatic hydroxyl groups is 1. The summed E-state index contributed by atoms with van der Waals surface area (Å²) in [5.41, 5.74) is -0.774. The number of nitrogens with zero attached hydrogens (tertiary/aromatic N) is 3. The highest BCUT2D eigenvalue weighted by atomic mass is 16.5. The molecule has 1 atom stereocenters.